The van der Waals surface area contributed by atoms with Gasteiger partial charge in [-0.1, -0.05) is 13.8 Å². The molecule has 5 nitrogen and oxygen atoms in total. The van der Waals surface area contributed by atoms with E-state index in [4.69, 9.17) is 10.8 Å². The highest BCUT2D eigenvalue weighted by Gasteiger charge is 2.31. The van der Waals surface area contributed by atoms with E-state index in [0.29, 0.717) is 17.8 Å². The SMILES string of the molecule is CCC(N)(CC)c1nc(C(=O)O)c(C(C)=O)s1. The van der Waals surface area contributed by atoms with E-state index < -0.39 is 11.5 Å². The summed E-state index contributed by atoms with van der Waals surface area (Å²) in [6, 6.07) is 0. The standard InChI is InChI=1S/C11H16N2O3S/c1-4-11(12,5-2)10-13-7(9(15)16)8(17-10)6(3)14/h4-5,12H2,1-3H3,(H,15,16). The highest BCUT2D eigenvalue weighted by Crippen LogP contribution is 2.31. The van der Waals surface area contributed by atoms with Crippen LogP contribution in [0.3, 0.4) is 0 Å². The molecule has 0 saturated heterocycles. The number of thiazole rings is 1. The molecule has 0 fully saturated rings. The van der Waals surface area contributed by atoms with E-state index in [-0.39, 0.29) is 16.4 Å². The monoisotopic (exact) mass is 256 g/mol. The fourth-order valence-electron chi connectivity index (χ4n) is 1.47. The number of nitrogens with two attached hydrogens (primary N) is 1. The van der Waals surface area contributed by atoms with Gasteiger partial charge in [-0.3, -0.25) is 4.79 Å². The van der Waals surface area contributed by atoms with Crippen LogP contribution in [0.2, 0.25) is 0 Å². The first-order valence-electron chi connectivity index (χ1n) is 5.40. The predicted molar refractivity (Wildman–Crippen MR) is 65.5 cm³/mol. The number of rotatable bonds is 5. The van der Waals surface area contributed by atoms with Crippen molar-refractivity contribution in [3.8, 4) is 0 Å². The first kappa shape index (κ1) is 13.8. The van der Waals surface area contributed by atoms with E-state index in [1.165, 1.54) is 6.92 Å². The van der Waals surface area contributed by atoms with Gasteiger partial charge in [-0.25, -0.2) is 9.78 Å². The van der Waals surface area contributed by atoms with Crippen LogP contribution in [0.15, 0.2) is 0 Å². The van der Waals surface area contributed by atoms with E-state index in [9.17, 15) is 9.59 Å². The maximum atomic E-state index is 11.4. The summed E-state index contributed by atoms with van der Waals surface area (Å²) in [5.41, 5.74) is 5.31. The van der Waals surface area contributed by atoms with E-state index in [2.05, 4.69) is 4.98 Å². The normalized spacial score (nSPS) is 11.5. The number of carboxylic acid groups (broad SMARTS) is 1. The summed E-state index contributed by atoms with van der Waals surface area (Å²) in [6.07, 6.45) is 1.29. The van der Waals surface area contributed by atoms with E-state index >= 15 is 0 Å². The van der Waals surface area contributed by atoms with Crippen molar-refractivity contribution in [2.24, 2.45) is 5.73 Å². The Labute approximate surface area is 104 Å². The number of hydrogen-bond donors (Lipinski definition) is 2. The van der Waals surface area contributed by atoms with Crippen LogP contribution in [-0.4, -0.2) is 21.8 Å². The lowest BCUT2D eigenvalue weighted by Crippen LogP contribution is -2.35. The third kappa shape index (κ3) is 2.53. The van der Waals surface area contributed by atoms with Crippen LogP contribution >= 0.6 is 11.3 Å². The molecule has 0 unspecified atom stereocenters. The van der Waals surface area contributed by atoms with Crippen LogP contribution in [0.5, 0.6) is 0 Å². The lowest BCUT2D eigenvalue weighted by molar-refractivity contribution is 0.0686. The maximum absolute atomic E-state index is 11.4. The molecule has 0 atom stereocenters. The Morgan fingerprint density at radius 3 is 2.24 bits per heavy atom. The average molecular weight is 256 g/mol. The van der Waals surface area contributed by atoms with Gasteiger partial charge in [0.25, 0.3) is 0 Å². The minimum atomic E-state index is -1.19. The summed E-state index contributed by atoms with van der Waals surface area (Å²) in [7, 11) is 0. The number of nitrogens with zero attached hydrogens (tertiary/aromatic N) is 1. The number of aromatic nitrogens is 1. The number of hydrogen-bond acceptors (Lipinski definition) is 5. The third-order valence-corrected chi connectivity index (χ3v) is 4.21. The number of carbonyl (C=O) groups excluding carboxylic acids is 1. The molecular formula is C11H16N2O3S. The maximum Gasteiger partial charge on any atom is 0.356 e. The van der Waals surface area contributed by atoms with Gasteiger partial charge in [0.15, 0.2) is 11.5 Å². The molecule has 0 radical (unpaired) electrons. The largest absolute Gasteiger partial charge is 0.476 e. The van der Waals surface area contributed by atoms with Crippen LogP contribution in [0.4, 0.5) is 0 Å². The molecule has 94 valence electrons. The fourth-order valence-corrected chi connectivity index (χ4v) is 2.66. The smallest absolute Gasteiger partial charge is 0.356 e. The zero-order chi connectivity index (χ0) is 13.2. The highest BCUT2D eigenvalue weighted by molar-refractivity contribution is 7.14. The van der Waals surface area contributed by atoms with Crippen molar-refractivity contribution in [1.82, 2.24) is 4.98 Å². The highest BCUT2D eigenvalue weighted by atomic mass is 32.1. The molecule has 0 aromatic carbocycles. The second-order valence-corrected chi connectivity index (χ2v) is 4.92. The predicted octanol–water partition coefficient (Wildman–Crippen LogP) is 2.02. The number of Topliss-reactive ketones (excluding diaryl/α,β-unsaturated/α-hetero) is 1. The quantitative estimate of drug-likeness (QED) is 0.786. The molecule has 1 aromatic rings. The Bertz CT molecular complexity index is 418. The zero-order valence-corrected chi connectivity index (χ0v) is 10.9. The third-order valence-electron chi connectivity index (χ3n) is 2.84. The van der Waals surface area contributed by atoms with Crippen molar-refractivity contribution in [2.45, 2.75) is 39.2 Å². The van der Waals surface area contributed by atoms with Gasteiger partial charge >= 0.3 is 5.97 Å². The van der Waals surface area contributed by atoms with Gasteiger partial charge in [-0.15, -0.1) is 11.3 Å². The van der Waals surface area contributed by atoms with E-state index in [0.717, 1.165) is 11.3 Å². The molecule has 3 N–H and O–H groups in total. The lowest BCUT2D eigenvalue weighted by atomic mass is 9.95. The van der Waals surface area contributed by atoms with E-state index in [1.807, 2.05) is 13.8 Å². The lowest BCUT2D eigenvalue weighted by Gasteiger charge is -2.23. The van der Waals surface area contributed by atoms with Crippen LogP contribution in [0, 0.1) is 0 Å². The Morgan fingerprint density at radius 1 is 1.41 bits per heavy atom. The molecule has 0 spiro atoms. The van der Waals surface area contributed by atoms with Crippen molar-refractivity contribution in [3.63, 3.8) is 0 Å². The van der Waals surface area contributed by atoms with Crippen LogP contribution in [0.1, 0.15) is 58.8 Å². The number of carbonyl (C=O) groups is 2. The summed E-state index contributed by atoms with van der Waals surface area (Å²) in [5, 5.41) is 9.51. The molecule has 0 aliphatic rings. The molecule has 0 saturated carbocycles. The summed E-state index contributed by atoms with van der Waals surface area (Å²) in [4.78, 5) is 26.5. The minimum Gasteiger partial charge on any atom is -0.476 e. The Balaban J connectivity index is 3.34. The molecule has 0 aliphatic carbocycles. The van der Waals surface area contributed by atoms with Crippen molar-refractivity contribution >= 4 is 23.1 Å². The minimum absolute atomic E-state index is 0.171. The first-order chi connectivity index (χ1) is 7.85. The van der Waals surface area contributed by atoms with Gasteiger partial charge in [0.05, 0.1) is 5.54 Å². The van der Waals surface area contributed by atoms with Gasteiger partial charge in [-0.05, 0) is 12.8 Å². The van der Waals surface area contributed by atoms with Gasteiger partial charge in [-0.2, -0.15) is 0 Å². The Morgan fingerprint density at radius 2 is 1.94 bits per heavy atom. The molecular weight excluding hydrogens is 240 g/mol. The van der Waals surface area contributed by atoms with Crippen LogP contribution in [-0.2, 0) is 5.54 Å². The molecule has 0 aliphatic heterocycles. The summed E-state index contributed by atoms with van der Waals surface area (Å²) < 4.78 is 0. The van der Waals surface area contributed by atoms with Gasteiger partial charge in [0.1, 0.15) is 9.88 Å². The second-order valence-electron chi connectivity index (χ2n) is 3.92. The molecule has 0 bridgehead atoms. The second kappa shape index (κ2) is 4.93. The van der Waals surface area contributed by atoms with Crippen molar-refractivity contribution in [3.05, 3.63) is 15.6 Å². The average Bonchev–Trinajstić information content (AvgIpc) is 2.73. The number of ketones is 1. The van der Waals surface area contributed by atoms with Crippen LogP contribution in [0.25, 0.3) is 0 Å². The summed E-state index contributed by atoms with van der Waals surface area (Å²) in [5.74, 6) is -1.48. The Hall–Kier alpha value is -1.27. The Kier molecular flexibility index (Phi) is 4.00. The zero-order valence-electron chi connectivity index (χ0n) is 10.1. The fraction of sp³-hybridized carbons (Fsp3) is 0.545. The number of carboxylic acids is 1. The molecule has 1 heterocycles. The molecule has 6 heteroatoms. The summed E-state index contributed by atoms with van der Waals surface area (Å²) in [6.45, 7) is 5.16. The molecule has 1 rings (SSSR count). The van der Waals surface area contributed by atoms with Crippen molar-refractivity contribution in [2.75, 3.05) is 0 Å². The first-order valence-corrected chi connectivity index (χ1v) is 6.21. The van der Waals surface area contributed by atoms with Crippen LogP contribution < -0.4 is 5.73 Å². The van der Waals surface area contributed by atoms with Crippen molar-refractivity contribution in [1.29, 1.82) is 0 Å². The molecule has 1 aromatic heterocycles. The van der Waals surface area contributed by atoms with Gasteiger partial charge in [0, 0.05) is 6.92 Å². The number of aromatic carboxylic acids is 1. The molecule has 0 amide bonds. The van der Waals surface area contributed by atoms with Gasteiger partial charge < -0.3 is 10.8 Å². The van der Waals surface area contributed by atoms with Gasteiger partial charge in [0.2, 0.25) is 0 Å². The topological polar surface area (TPSA) is 93.3 Å². The van der Waals surface area contributed by atoms with Crippen molar-refractivity contribution < 1.29 is 14.7 Å². The molecule has 17 heavy (non-hydrogen) atoms. The van der Waals surface area contributed by atoms with E-state index in [1.54, 1.807) is 0 Å². The summed E-state index contributed by atoms with van der Waals surface area (Å²) >= 11 is 1.09.